The molecule has 0 bridgehead atoms. The molecule has 0 atom stereocenters. The summed E-state index contributed by atoms with van der Waals surface area (Å²) in [5.41, 5.74) is 1.37. The average molecular weight is 319 g/mol. The van der Waals surface area contributed by atoms with Crippen molar-refractivity contribution < 1.29 is 17.9 Å². The van der Waals surface area contributed by atoms with Gasteiger partial charge in [-0.05, 0) is 48.9 Å². The molecule has 2 aromatic carbocycles. The van der Waals surface area contributed by atoms with Crippen LogP contribution in [0.4, 0.5) is 5.69 Å². The van der Waals surface area contributed by atoms with Gasteiger partial charge in [-0.3, -0.25) is 4.79 Å². The average Bonchev–Trinajstić information content (AvgIpc) is 2.47. The lowest BCUT2D eigenvalue weighted by Crippen LogP contribution is -2.07. The minimum Gasteiger partial charge on any atom is -0.495 e. The monoisotopic (exact) mass is 319 g/mol. The lowest BCUT2D eigenvalue weighted by atomic mass is 10.2. The molecule has 2 aromatic rings. The van der Waals surface area contributed by atoms with E-state index < -0.39 is 9.84 Å². The van der Waals surface area contributed by atoms with Gasteiger partial charge in [0.2, 0.25) is 15.7 Å². The molecule has 5 nitrogen and oxygen atoms in total. The number of carbonyl (C=O) groups excluding carboxylic acids is 1. The molecule has 0 aliphatic carbocycles. The van der Waals surface area contributed by atoms with Gasteiger partial charge in [-0.25, -0.2) is 8.42 Å². The van der Waals surface area contributed by atoms with Gasteiger partial charge in [-0.1, -0.05) is 6.07 Å². The second kappa shape index (κ2) is 6.19. The number of hydrogen-bond donors (Lipinski definition) is 1. The van der Waals surface area contributed by atoms with Crippen molar-refractivity contribution >= 4 is 21.4 Å². The molecule has 0 fully saturated rings. The third-order valence-electron chi connectivity index (χ3n) is 3.09. The van der Waals surface area contributed by atoms with Crippen LogP contribution in [0.2, 0.25) is 0 Å². The second-order valence-corrected chi connectivity index (χ2v) is 6.78. The minimum absolute atomic E-state index is 0.127. The topological polar surface area (TPSA) is 72.5 Å². The van der Waals surface area contributed by atoms with Gasteiger partial charge in [-0.2, -0.15) is 0 Å². The first-order valence-electron chi connectivity index (χ1n) is 6.62. The van der Waals surface area contributed by atoms with Gasteiger partial charge >= 0.3 is 0 Å². The van der Waals surface area contributed by atoms with Crippen molar-refractivity contribution in [3.05, 3.63) is 48.0 Å². The van der Waals surface area contributed by atoms with Crippen molar-refractivity contribution in [3.8, 4) is 5.75 Å². The molecule has 2 rings (SSSR count). The molecule has 6 heteroatoms. The van der Waals surface area contributed by atoms with E-state index in [1.54, 1.807) is 30.3 Å². The van der Waals surface area contributed by atoms with Crippen LogP contribution in [0.15, 0.2) is 52.3 Å². The van der Waals surface area contributed by atoms with Crippen molar-refractivity contribution in [2.24, 2.45) is 0 Å². The van der Waals surface area contributed by atoms with Crippen molar-refractivity contribution in [2.75, 3.05) is 12.4 Å². The number of sulfone groups is 1. The first-order chi connectivity index (χ1) is 10.3. The van der Waals surface area contributed by atoms with E-state index in [-0.39, 0.29) is 15.7 Å². The highest BCUT2D eigenvalue weighted by molar-refractivity contribution is 7.91. The molecule has 0 aliphatic rings. The van der Waals surface area contributed by atoms with Gasteiger partial charge in [0, 0.05) is 12.6 Å². The van der Waals surface area contributed by atoms with E-state index in [1.165, 1.54) is 26.2 Å². The Kier molecular flexibility index (Phi) is 4.51. The number of ether oxygens (including phenoxy) is 1. The summed E-state index contributed by atoms with van der Waals surface area (Å²) in [6, 6.07) is 11.0. The van der Waals surface area contributed by atoms with Crippen molar-refractivity contribution in [1.82, 2.24) is 0 Å². The van der Waals surface area contributed by atoms with E-state index in [2.05, 4.69) is 5.32 Å². The van der Waals surface area contributed by atoms with Gasteiger partial charge in [0.05, 0.1) is 12.0 Å². The fraction of sp³-hybridized carbons (Fsp3) is 0.188. The Morgan fingerprint density at radius 1 is 1.09 bits per heavy atom. The van der Waals surface area contributed by atoms with Gasteiger partial charge in [0.15, 0.2) is 0 Å². The Morgan fingerprint density at radius 2 is 1.73 bits per heavy atom. The molecule has 0 saturated heterocycles. The van der Waals surface area contributed by atoms with Crippen LogP contribution in [-0.2, 0) is 14.6 Å². The maximum atomic E-state index is 12.7. The molecule has 1 N–H and O–H groups in total. The summed E-state index contributed by atoms with van der Waals surface area (Å²) < 4.78 is 30.6. The highest BCUT2D eigenvalue weighted by Gasteiger charge is 2.22. The van der Waals surface area contributed by atoms with Crippen LogP contribution in [-0.4, -0.2) is 21.4 Å². The Labute approximate surface area is 129 Å². The van der Waals surface area contributed by atoms with E-state index >= 15 is 0 Å². The molecule has 116 valence electrons. The molecule has 0 unspecified atom stereocenters. The molecule has 0 spiro atoms. The molecule has 0 saturated carbocycles. The van der Waals surface area contributed by atoms with E-state index in [0.29, 0.717) is 11.4 Å². The molecule has 0 radical (unpaired) electrons. The number of nitrogens with one attached hydrogen (secondary N) is 1. The zero-order valence-electron chi connectivity index (χ0n) is 12.6. The van der Waals surface area contributed by atoms with E-state index in [4.69, 9.17) is 4.74 Å². The number of methoxy groups -OCH3 is 1. The van der Waals surface area contributed by atoms with Crippen molar-refractivity contribution in [2.45, 2.75) is 23.6 Å². The van der Waals surface area contributed by atoms with Crippen LogP contribution in [0.25, 0.3) is 0 Å². The summed E-state index contributed by atoms with van der Waals surface area (Å²) >= 11 is 0. The summed E-state index contributed by atoms with van der Waals surface area (Å²) in [7, 11) is -2.25. The standard InChI is InChI=1S/C16H17NO4S/c1-11-4-9-15(21-3)16(10-11)22(19,20)14-7-5-13(6-8-14)17-12(2)18/h4-10H,1-3H3,(H,17,18). The van der Waals surface area contributed by atoms with Crippen LogP contribution in [0, 0.1) is 6.92 Å². The normalized spacial score (nSPS) is 11.0. The number of anilines is 1. The SMILES string of the molecule is COc1ccc(C)cc1S(=O)(=O)c1ccc(NC(C)=O)cc1. The van der Waals surface area contributed by atoms with E-state index in [1.807, 2.05) is 6.92 Å². The highest BCUT2D eigenvalue weighted by Crippen LogP contribution is 2.30. The fourth-order valence-corrected chi connectivity index (χ4v) is 3.55. The molecule has 0 aromatic heterocycles. The third-order valence-corrected chi connectivity index (χ3v) is 4.88. The number of aryl methyl sites for hydroxylation is 1. The van der Waals surface area contributed by atoms with Gasteiger partial charge < -0.3 is 10.1 Å². The predicted molar refractivity (Wildman–Crippen MR) is 83.9 cm³/mol. The Balaban J connectivity index is 2.46. The van der Waals surface area contributed by atoms with Gasteiger partial charge in [0.25, 0.3) is 0 Å². The Morgan fingerprint density at radius 3 is 2.27 bits per heavy atom. The van der Waals surface area contributed by atoms with E-state index in [0.717, 1.165) is 5.56 Å². The van der Waals surface area contributed by atoms with E-state index in [9.17, 15) is 13.2 Å². The summed E-state index contributed by atoms with van der Waals surface area (Å²) in [6.07, 6.45) is 0. The molecule has 0 heterocycles. The summed E-state index contributed by atoms with van der Waals surface area (Å²) in [6.45, 7) is 3.21. The molecule has 22 heavy (non-hydrogen) atoms. The highest BCUT2D eigenvalue weighted by atomic mass is 32.2. The quantitative estimate of drug-likeness (QED) is 0.940. The Bertz CT molecular complexity index is 795. The molecule has 1 amide bonds. The smallest absolute Gasteiger partial charge is 0.221 e. The lowest BCUT2D eigenvalue weighted by molar-refractivity contribution is -0.114. The minimum atomic E-state index is -3.69. The maximum Gasteiger partial charge on any atom is 0.221 e. The predicted octanol–water partition coefficient (Wildman–Crippen LogP) is 2.79. The number of hydrogen-bond acceptors (Lipinski definition) is 4. The van der Waals surface area contributed by atoms with Gasteiger partial charge in [-0.15, -0.1) is 0 Å². The molecular weight excluding hydrogens is 302 g/mol. The lowest BCUT2D eigenvalue weighted by Gasteiger charge is -2.11. The zero-order valence-corrected chi connectivity index (χ0v) is 13.4. The molecular formula is C16H17NO4S. The number of amides is 1. The van der Waals surface area contributed by atoms with Crippen LogP contribution in [0.5, 0.6) is 5.75 Å². The largest absolute Gasteiger partial charge is 0.495 e. The van der Waals surface area contributed by atoms with Crippen molar-refractivity contribution in [1.29, 1.82) is 0 Å². The summed E-state index contributed by atoms with van der Waals surface area (Å²) in [4.78, 5) is 11.3. The first-order valence-corrected chi connectivity index (χ1v) is 8.10. The van der Waals surface area contributed by atoms with Crippen LogP contribution >= 0.6 is 0 Å². The van der Waals surface area contributed by atoms with Crippen molar-refractivity contribution in [3.63, 3.8) is 0 Å². The maximum absolute atomic E-state index is 12.7. The van der Waals surface area contributed by atoms with Gasteiger partial charge in [0.1, 0.15) is 10.6 Å². The first kappa shape index (κ1) is 16.0. The molecule has 0 aliphatic heterocycles. The second-order valence-electron chi connectivity index (χ2n) is 4.86. The Hall–Kier alpha value is -2.34. The van der Waals surface area contributed by atoms with Crippen LogP contribution in [0.1, 0.15) is 12.5 Å². The van der Waals surface area contributed by atoms with Crippen LogP contribution < -0.4 is 10.1 Å². The summed E-state index contributed by atoms with van der Waals surface area (Å²) in [5, 5.41) is 2.60. The number of rotatable bonds is 4. The summed E-state index contributed by atoms with van der Waals surface area (Å²) in [5.74, 6) is 0.0903. The zero-order chi connectivity index (χ0) is 16.3. The number of carbonyl (C=O) groups is 1. The van der Waals surface area contributed by atoms with Crippen LogP contribution in [0.3, 0.4) is 0 Å². The number of benzene rings is 2. The third kappa shape index (κ3) is 3.28. The fourth-order valence-electron chi connectivity index (χ4n) is 2.04.